The number of hydrogen-bond donors (Lipinski definition) is 1. The lowest BCUT2D eigenvalue weighted by atomic mass is 9.97. The molecule has 0 aromatic carbocycles. The van der Waals surface area contributed by atoms with Gasteiger partial charge in [0.1, 0.15) is 0 Å². The monoisotopic (exact) mass is 257 g/mol. The van der Waals surface area contributed by atoms with Crippen LogP contribution in [0.15, 0.2) is 4.52 Å². The van der Waals surface area contributed by atoms with Crippen LogP contribution in [-0.2, 0) is 10.5 Å². The Morgan fingerprint density at radius 3 is 3.06 bits per heavy atom. The zero-order chi connectivity index (χ0) is 12.3. The fourth-order valence-electron chi connectivity index (χ4n) is 1.73. The first-order chi connectivity index (χ1) is 8.16. The van der Waals surface area contributed by atoms with E-state index in [4.69, 9.17) is 15.0 Å². The molecule has 2 atom stereocenters. The normalized spacial score (nSPS) is 25.4. The van der Waals surface area contributed by atoms with Gasteiger partial charge in [-0.15, -0.1) is 0 Å². The van der Waals surface area contributed by atoms with Crippen LogP contribution in [-0.4, -0.2) is 34.6 Å². The van der Waals surface area contributed by atoms with E-state index in [1.807, 2.05) is 0 Å². The molecule has 1 aromatic rings. The molecule has 0 radical (unpaired) electrons. The molecule has 0 bridgehead atoms. The third-order valence-electron chi connectivity index (χ3n) is 2.76. The number of rotatable bonds is 4. The zero-order valence-electron chi connectivity index (χ0n) is 10.3. The number of nitrogens with two attached hydrogens (primary N) is 1. The van der Waals surface area contributed by atoms with E-state index in [-0.39, 0.29) is 12.0 Å². The summed E-state index contributed by atoms with van der Waals surface area (Å²) in [6, 6.07) is 0.0646. The largest absolute Gasteiger partial charge is 0.381 e. The van der Waals surface area contributed by atoms with Crippen molar-refractivity contribution in [2.75, 3.05) is 13.2 Å². The molecular weight excluding hydrogens is 238 g/mol. The summed E-state index contributed by atoms with van der Waals surface area (Å²) < 4.78 is 10.7. The fourth-order valence-corrected chi connectivity index (χ4v) is 2.33. The van der Waals surface area contributed by atoms with Crippen molar-refractivity contribution >= 4 is 11.8 Å². The summed E-state index contributed by atoms with van der Waals surface area (Å²) in [7, 11) is 0. The summed E-state index contributed by atoms with van der Waals surface area (Å²) >= 11 is 1.80. The van der Waals surface area contributed by atoms with Gasteiger partial charge in [-0.1, -0.05) is 19.0 Å². The SMILES string of the molecule is CC(C)SCc1noc(C2COCCC2N)n1. The number of hydrogen-bond acceptors (Lipinski definition) is 6. The summed E-state index contributed by atoms with van der Waals surface area (Å²) in [4.78, 5) is 4.40. The highest BCUT2D eigenvalue weighted by atomic mass is 32.2. The van der Waals surface area contributed by atoms with Crippen LogP contribution in [0.1, 0.15) is 37.9 Å². The molecule has 17 heavy (non-hydrogen) atoms. The lowest BCUT2D eigenvalue weighted by Crippen LogP contribution is -2.37. The number of aromatic nitrogens is 2. The second-order valence-electron chi connectivity index (χ2n) is 4.54. The summed E-state index contributed by atoms with van der Waals surface area (Å²) in [6.07, 6.45) is 0.850. The van der Waals surface area contributed by atoms with E-state index in [2.05, 4.69) is 24.0 Å². The van der Waals surface area contributed by atoms with Gasteiger partial charge >= 0.3 is 0 Å². The third-order valence-corrected chi connectivity index (χ3v) is 3.85. The molecule has 2 N–H and O–H groups in total. The van der Waals surface area contributed by atoms with Gasteiger partial charge in [0, 0.05) is 12.6 Å². The minimum Gasteiger partial charge on any atom is -0.381 e. The number of thioether (sulfide) groups is 1. The molecule has 1 fully saturated rings. The van der Waals surface area contributed by atoms with Gasteiger partial charge in [-0.05, 0) is 11.7 Å². The number of ether oxygens (including phenoxy) is 1. The van der Waals surface area contributed by atoms with Crippen molar-refractivity contribution in [3.63, 3.8) is 0 Å². The molecule has 0 amide bonds. The van der Waals surface area contributed by atoms with E-state index in [1.165, 1.54) is 0 Å². The Hall–Kier alpha value is -0.590. The Morgan fingerprint density at radius 1 is 1.53 bits per heavy atom. The molecule has 1 aromatic heterocycles. The molecular formula is C11H19N3O2S. The van der Waals surface area contributed by atoms with E-state index < -0.39 is 0 Å². The Bertz CT molecular complexity index is 356. The maximum Gasteiger partial charge on any atom is 0.233 e. The zero-order valence-corrected chi connectivity index (χ0v) is 11.1. The first-order valence-corrected chi connectivity index (χ1v) is 6.99. The quantitative estimate of drug-likeness (QED) is 0.882. The molecule has 1 saturated heterocycles. The molecule has 2 rings (SSSR count). The molecule has 6 heteroatoms. The fraction of sp³-hybridized carbons (Fsp3) is 0.818. The Balaban J connectivity index is 1.97. The summed E-state index contributed by atoms with van der Waals surface area (Å²) in [5.41, 5.74) is 6.03. The molecule has 96 valence electrons. The van der Waals surface area contributed by atoms with Crippen molar-refractivity contribution in [1.29, 1.82) is 0 Å². The van der Waals surface area contributed by atoms with Crippen molar-refractivity contribution in [2.45, 2.75) is 43.2 Å². The Kier molecular flexibility index (Phi) is 4.42. The average molecular weight is 257 g/mol. The van der Waals surface area contributed by atoms with Gasteiger partial charge in [-0.3, -0.25) is 0 Å². The van der Waals surface area contributed by atoms with Gasteiger partial charge in [0.2, 0.25) is 5.89 Å². The van der Waals surface area contributed by atoms with Gasteiger partial charge in [-0.2, -0.15) is 16.7 Å². The van der Waals surface area contributed by atoms with E-state index in [9.17, 15) is 0 Å². The second-order valence-corrected chi connectivity index (χ2v) is 6.11. The molecule has 2 heterocycles. The topological polar surface area (TPSA) is 74.2 Å². The van der Waals surface area contributed by atoms with E-state index in [0.717, 1.165) is 24.6 Å². The Morgan fingerprint density at radius 2 is 2.35 bits per heavy atom. The molecule has 2 unspecified atom stereocenters. The molecule has 0 aliphatic carbocycles. The van der Waals surface area contributed by atoms with Gasteiger partial charge in [-0.25, -0.2) is 0 Å². The van der Waals surface area contributed by atoms with Crippen LogP contribution in [0.4, 0.5) is 0 Å². The highest BCUT2D eigenvalue weighted by Gasteiger charge is 2.29. The highest BCUT2D eigenvalue weighted by molar-refractivity contribution is 7.99. The molecule has 5 nitrogen and oxygen atoms in total. The average Bonchev–Trinajstić information content (AvgIpc) is 2.75. The van der Waals surface area contributed by atoms with Crippen molar-refractivity contribution in [3.8, 4) is 0 Å². The van der Waals surface area contributed by atoms with E-state index >= 15 is 0 Å². The van der Waals surface area contributed by atoms with Crippen LogP contribution in [0.3, 0.4) is 0 Å². The summed E-state index contributed by atoms with van der Waals surface area (Å²) in [5.74, 6) is 2.20. The standard InChI is InChI=1S/C11H19N3O2S/c1-7(2)17-6-10-13-11(16-14-10)8-5-15-4-3-9(8)12/h7-9H,3-6,12H2,1-2H3. The van der Waals surface area contributed by atoms with Crippen LogP contribution in [0, 0.1) is 0 Å². The second kappa shape index (κ2) is 5.84. The van der Waals surface area contributed by atoms with E-state index in [1.54, 1.807) is 11.8 Å². The predicted molar refractivity (Wildman–Crippen MR) is 66.9 cm³/mol. The van der Waals surface area contributed by atoms with Crippen molar-refractivity contribution in [1.82, 2.24) is 10.1 Å². The maximum atomic E-state index is 6.03. The van der Waals surface area contributed by atoms with Crippen LogP contribution in [0.2, 0.25) is 0 Å². The third kappa shape index (κ3) is 3.43. The van der Waals surface area contributed by atoms with E-state index in [0.29, 0.717) is 17.7 Å². The van der Waals surface area contributed by atoms with Crippen LogP contribution in [0.5, 0.6) is 0 Å². The highest BCUT2D eigenvalue weighted by Crippen LogP contribution is 2.24. The minimum absolute atomic E-state index is 0.0500. The summed E-state index contributed by atoms with van der Waals surface area (Å²) in [5, 5.41) is 4.55. The molecule has 1 aliphatic heterocycles. The minimum atomic E-state index is 0.0500. The van der Waals surface area contributed by atoms with Gasteiger partial charge < -0.3 is 15.0 Å². The Labute approximate surface area is 105 Å². The van der Waals surface area contributed by atoms with Crippen LogP contribution >= 0.6 is 11.8 Å². The molecule has 0 spiro atoms. The van der Waals surface area contributed by atoms with Crippen molar-refractivity contribution in [3.05, 3.63) is 11.7 Å². The predicted octanol–water partition coefficient (Wildman–Crippen LogP) is 1.54. The van der Waals surface area contributed by atoms with Gasteiger partial charge in [0.05, 0.1) is 18.3 Å². The van der Waals surface area contributed by atoms with Crippen molar-refractivity contribution in [2.24, 2.45) is 5.73 Å². The van der Waals surface area contributed by atoms with Gasteiger partial charge in [0.25, 0.3) is 0 Å². The van der Waals surface area contributed by atoms with Crippen LogP contribution < -0.4 is 5.73 Å². The number of nitrogens with zero attached hydrogens (tertiary/aromatic N) is 2. The molecule has 1 aliphatic rings. The lowest BCUT2D eigenvalue weighted by Gasteiger charge is -2.25. The lowest BCUT2D eigenvalue weighted by molar-refractivity contribution is 0.0590. The smallest absolute Gasteiger partial charge is 0.233 e. The maximum absolute atomic E-state index is 6.03. The van der Waals surface area contributed by atoms with Crippen molar-refractivity contribution < 1.29 is 9.26 Å². The first-order valence-electron chi connectivity index (χ1n) is 5.94. The van der Waals surface area contributed by atoms with Crippen LogP contribution in [0.25, 0.3) is 0 Å². The molecule has 0 saturated carbocycles. The first kappa shape index (κ1) is 12.9. The van der Waals surface area contributed by atoms with Gasteiger partial charge in [0.15, 0.2) is 5.82 Å². The summed E-state index contributed by atoms with van der Waals surface area (Å²) in [6.45, 7) is 5.61.